The Morgan fingerprint density at radius 2 is 2.25 bits per heavy atom. The minimum absolute atomic E-state index is 0.106. The summed E-state index contributed by atoms with van der Waals surface area (Å²) in [5, 5.41) is 11.2. The zero-order valence-corrected chi connectivity index (χ0v) is 12.4. The summed E-state index contributed by atoms with van der Waals surface area (Å²) in [6, 6.07) is 4.09. The van der Waals surface area contributed by atoms with Crippen molar-refractivity contribution >= 4 is 35.0 Å². The topological polar surface area (TPSA) is 59.8 Å². The van der Waals surface area contributed by atoms with E-state index in [9.17, 15) is 9.18 Å². The summed E-state index contributed by atoms with van der Waals surface area (Å²) in [6.07, 6.45) is 0. The maximum absolute atomic E-state index is 13.5. The van der Waals surface area contributed by atoms with Crippen molar-refractivity contribution < 1.29 is 9.18 Å². The minimum Gasteiger partial charge on any atom is -0.323 e. The number of amides is 1. The smallest absolute Gasteiger partial charge is 0.234 e. The molecule has 2 aromatic rings. The van der Waals surface area contributed by atoms with Crippen LogP contribution in [0.3, 0.4) is 0 Å². The van der Waals surface area contributed by atoms with Gasteiger partial charge in [0.1, 0.15) is 11.6 Å². The molecular formula is C12H12ClFN4OS. The second kappa shape index (κ2) is 6.23. The molecule has 0 fully saturated rings. The molecule has 0 saturated carbocycles. The molecule has 1 N–H and O–H groups in total. The number of carbonyl (C=O) groups excluding carboxylic acids is 1. The molecule has 0 aliphatic heterocycles. The molecule has 20 heavy (non-hydrogen) atoms. The van der Waals surface area contributed by atoms with E-state index < -0.39 is 5.82 Å². The number of benzene rings is 1. The molecule has 2 rings (SSSR count). The van der Waals surface area contributed by atoms with Crippen LogP contribution in [0.15, 0.2) is 23.4 Å². The molecule has 1 heterocycles. The Hall–Kier alpha value is -1.60. The fraction of sp³-hybridized carbons (Fsp3) is 0.250. The lowest BCUT2D eigenvalue weighted by molar-refractivity contribution is -0.113. The first kappa shape index (κ1) is 14.8. The summed E-state index contributed by atoms with van der Waals surface area (Å²) in [7, 11) is 1.81. The van der Waals surface area contributed by atoms with Gasteiger partial charge in [-0.15, -0.1) is 10.2 Å². The van der Waals surface area contributed by atoms with Gasteiger partial charge in [-0.05, 0) is 25.1 Å². The average molecular weight is 315 g/mol. The van der Waals surface area contributed by atoms with Crippen LogP contribution in [0.25, 0.3) is 0 Å². The third-order valence-electron chi connectivity index (χ3n) is 2.59. The van der Waals surface area contributed by atoms with Crippen LogP contribution in [0.2, 0.25) is 5.02 Å². The lowest BCUT2D eigenvalue weighted by atomic mass is 10.3. The van der Waals surface area contributed by atoms with Crippen molar-refractivity contribution in [2.75, 3.05) is 11.1 Å². The van der Waals surface area contributed by atoms with E-state index in [1.165, 1.54) is 23.9 Å². The average Bonchev–Trinajstić information content (AvgIpc) is 2.71. The third kappa shape index (κ3) is 3.49. The highest BCUT2D eigenvalue weighted by atomic mass is 35.5. The minimum atomic E-state index is -0.564. The van der Waals surface area contributed by atoms with Crippen LogP contribution in [0.5, 0.6) is 0 Å². The summed E-state index contributed by atoms with van der Waals surface area (Å²) in [5.74, 6) is -0.00695. The summed E-state index contributed by atoms with van der Waals surface area (Å²) in [6.45, 7) is 1.82. The van der Waals surface area contributed by atoms with E-state index in [-0.39, 0.29) is 22.4 Å². The normalized spacial score (nSPS) is 10.6. The Morgan fingerprint density at radius 1 is 1.50 bits per heavy atom. The maximum Gasteiger partial charge on any atom is 0.234 e. The molecule has 8 heteroatoms. The van der Waals surface area contributed by atoms with Crippen LogP contribution in [0.4, 0.5) is 10.1 Å². The van der Waals surface area contributed by atoms with E-state index >= 15 is 0 Å². The van der Waals surface area contributed by atoms with Gasteiger partial charge in [0.15, 0.2) is 5.16 Å². The monoisotopic (exact) mass is 314 g/mol. The van der Waals surface area contributed by atoms with Gasteiger partial charge < -0.3 is 9.88 Å². The number of rotatable bonds is 4. The van der Waals surface area contributed by atoms with E-state index in [2.05, 4.69) is 15.5 Å². The molecule has 0 saturated heterocycles. The van der Waals surface area contributed by atoms with E-state index in [1.807, 2.05) is 14.0 Å². The number of anilines is 1. The summed E-state index contributed by atoms with van der Waals surface area (Å²) in [4.78, 5) is 11.8. The Bertz CT molecular complexity index is 646. The first-order chi connectivity index (χ1) is 9.47. The molecular weight excluding hydrogens is 303 g/mol. The highest BCUT2D eigenvalue weighted by Gasteiger charge is 2.11. The number of aryl methyl sites for hydroxylation is 1. The number of hydrogen-bond acceptors (Lipinski definition) is 4. The summed E-state index contributed by atoms with van der Waals surface area (Å²) >= 11 is 6.87. The Balaban J connectivity index is 1.94. The highest BCUT2D eigenvalue weighted by Crippen LogP contribution is 2.20. The molecule has 1 aromatic heterocycles. The molecule has 0 radical (unpaired) electrons. The van der Waals surface area contributed by atoms with Crippen LogP contribution in [-0.2, 0) is 11.8 Å². The quantitative estimate of drug-likeness (QED) is 0.881. The molecule has 5 nitrogen and oxygen atoms in total. The van der Waals surface area contributed by atoms with Gasteiger partial charge in [0.05, 0.1) is 11.4 Å². The molecule has 0 spiro atoms. The first-order valence-corrected chi connectivity index (χ1v) is 7.07. The third-order valence-corrected chi connectivity index (χ3v) is 3.85. The maximum atomic E-state index is 13.5. The van der Waals surface area contributed by atoms with Gasteiger partial charge in [-0.25, -0.2) is 4.39 Å². The lowest BCUT2D eigenvalue weighted by Gasteiger charge is -2.06. The molecule has 106 valence electrons. The number of carbonyl (C=O) groups is 1. The molecule has 0 unspecified atom stereocenters. The number of aromatic nitrogens is 3. The largest absolute Gasteiger partial charge is 0.323 e. The number of halogens is 2. The van der Waals surface area contributed by atoms with Crippen molar-refractivity contribution in [3.05, 3.63) is 34.9 Å². The van der Waals surface area contributed by atoms with Gasteiger partial charge in [0, 0.05) is 12.1 Å². The van der Waals surface area contributed by atoms with Crippen molar-refractivity contribution in [3.8, 4) is 0 Å². The van der Waals surface area contributed by atoms with E-state index in [1.54, 1.807) is 4.57 Å². The first-order valence-electron chi connectivity index (χ1n) is 5.71. The van der Waals surface area contributed by atoms with Gasteiger partial charge in [0.25, 0.3) is 0 Å². The number of nitrogens with one attached hydrogen (secondary N) is 1. The fourth-order valence-corrected chi connectivity index (χ4v) is 2.34. The molecule has 0 aliphatic rings. The Kier molecular flexibility index (Phi) is 4.61. The van der Waals surface area contributed by atoms with Crippen LogP contribution >= 0.6 is 23.4 Å². The molecule has 0 atom stereocenters. The van der Waals surface area contributed by atoms with Gasteiger partial charge in [0.2, 0.25) is 5.91 Å². The zero-order valence-electron chi connectivity index (χ0n) is 10.9. The van der Waals surface area contributed by atoms with Crippen LogP contribution in [0.1, 0.15) is 5.82 Å². The zero-order chi connectivity index (χ0) is 14.7. The van der Waals surface area contributed by atoms with E-state index in [4.69, 9.17) is 11.6 Å². The Morgan fingerprint density at radius 3 is 2.85 bits per heavy atom. The number of thioether (sulfide) groups is 1. The molecule has 0 aliphatic carbocycles. The van der Waals surface area contributed by atoms with E-state index in [0.717, 1.165) is 11.9 Å². The van der Waals surface area contributed by atoms with E-state index in [0.29, 0.717) is 5.16 Å². The molecule has 0 bridgehead atoms. The van der Waals surface area contributed by atoms with Crippen LogP contribution in [0, 0.1) is 12.7 Å². The fourth-order valence-electron chi connectivity index (χ4n) is 1.42. The standard InChI is InChI=1S/C12H12ClFN4OS/c1-7-16-17-12(18(7)2)20-6-11(19)15-10-4-3-8(13)5-9(10)14/h3-5H,6H2,1-2H3,(H,15,19). The van der Waals surface area contributed by atoms with Crippen LogP contribution < -0.4 is 5.32 Å². The second-order valence-corrected chi connectivity index (χ2v) is 5.43. The molecule has 1 aromatic carbocycles. The van der Waals surface area contributed by atoms with Gasteiger partial charge in [-0.1, -0.05) is 23.4 Å². The highest BCUT2D eigenvalue weighted by molar-refractivity contribution is 7.99. The van der Waals surface area contributed by atoms with Crippen molar-refractivity contribution in [3.63, 3.8) is 0 Å². The Labute approximate surface area is 124 Å². The van der Waals surface area contributed by atoms with Crippen molar-refractivity contribution in [2.24, 2.45) is 7.05 Å². The van der Waals surface area contributed by atoms with Gasteiger partial charge in [-0.2, -0.15) is 0 Å². The predicted octanol–water partition coefficient (Wildman–Crippen LogP) is 2.65. The predicted molar refractivity (Wildman–Crippen MR) is 76.5 cm³/mol. The van der Waals surface area contributed by atoms with Gasteiger partial charge >= 0.3 is 0 Å². The summed E-state index contributed by atoms with van der Waals surface area (Å²) in [5.41, 5.74) is 0.106. The van der Waals surface area contributed by atoms with Crippen molar-refractivity contribution in [1.82, 2.24) is 14.8 Å². The lowest BCUT2D eigenvalue weighted by Crippen LogP contribution is -2.15. The van der Waals surface area contributed by atoms with Crippen molar-refractivity contribution in [2.45, 2.75) is 12.1 Å². The molecule has 1 amide bonds. The summed E-state index contributed by atoms with van der Waals surface area (Å²) < 4.78 is 15.3. The number of hydrogen-bond donors (Lipinski definition) is 1. The van der Waals surface area contributed by atoms with Gasteiger partial charge in [-0.3, -0.25) is 4.79 Å². The van der Waals surface area contributed by atoms with Crippen molar-refractivity contribution in [1.29, 1.82) is 0 Å². The SMILES string of the molecule is Cc1nnc(SCC(=O)Nc2ccc(Cl)cc2F)n1C. The second-order valence-electron chi connectivity index (χ2n) is 4.05. The van der Waals surface area contributed by atoms with Crippen LogP contribution in [-0.4, -0.2) is 26.4 Å². The number of nitrogens with zero attached hydrogens (tertiary/aromatic N) is 3.